The first kappa shape index (κ1) is 18.1. The van der Waals surface area contributed by atoms with E-state index >= 15 is 0 Å². The lowest BCUT2D eigenvalue weighted by Crippen LogP contribution is -2.66. The summed E-state index contributed by atoms with van der Waals surface area (Å²) in [5, 5.41) is 3.30. The second kappa shape index (κ2) is 7.35. The molecule has 1 aliphatic heterocycles. The molecule has 2 atom stereocenters. The Balaban J connectivity index is 1.31. The van der Waals surface area contributed by atoms with Crippen molar-refractivity contribution >= 4 is 5.91 Å². The number of benzene rings is 2. The maximum atomic E-state index is 13.0. The fraction of sp³-hybridized carbons (Fsp3) is 0.435. The van der Waals surface area contributed by atoms with Crippen LogP contribution in [0.4, 0.5) is 0 Å². The van der Waals surface area contributed by atoms with Gasteiger partial charge in [0.1, 0.15) is 12.4 Å². The van der Waals surface area contributed by atoms with Crippen molar-refractivity contribution in [2.45, 2.75) is 44.7 Å². The highest BCUT2D eigenvalue weighted by Crippen LogP contribution is 2.34. The summed E-state index contributed by atoms with van der Waals surface area (Å²) in [4.78, 5) is 15.2. The minimum absolute atomic E-state index is 0.144. The zero-order valence-corrected chi connectivity index (χ0v) is 16.2. The molecule has 4 rings (SSSR count). The first-order valence-electron chi connectivity index (χ1n) is 9.89. The van der Waals surface area contributed by atoms with Crippen LogP contribution in [-0.4, -0.2) is 36.0 Å². The van der Waals surface area contributed by atoms with Crippen LogP contribution in [0, 0.1) is 6.92 Å². The van der Waals surface area contributed by atoms with Crippen LogP contribution in [0.5, 0.6) is 5.75 Å². The van der Waals surface area contributed by atoms with Gasteiger partial charge in [0, 0.05) is 13.1 Å². The molecule has 142 valence electrons. The Bertz CT molecular complexity index is 817. The zero-order chi connectivity index (χ0) is 18.9. The zero-order valence-electron chi connectivity index (χ0n) is 16.2. The number of nitrogens with zero attached hydrogens (tertiary/aromatic N) is 1. The molecule has 2 aromatic rings. The molecule has 4 nitrogen and oxygen atoms in total. The van der Waals surface area contributed by atoms with Gasteiger partial charge in [0.2, 0.25) is 5.91 Å². The number of hydrogen-bond donors (Lipinski definition) is 1. The summed E-state index contributed by atoms with van der Waals surface area (Å²) in [6.45, 7) is 6.43. The van der Waals surface area contributed by atoms with Crippen LogP contribution >= 0.6 is 0 Å². The first-order valence-corrected chi connectivity index (χ1v) is 9.89. The smallest absolute Gasteiger partial charge is 0.240 e. The molecule has 1 aliphatic carbocycles. The molecule has 2 aliphatic rings. The number of ether oxygens (including phenoxy) is 1. The highest BCUT2D eigenvalue weighted by Gasteiger charge is 2.47. The van der Waals surface area contributed by atoms with Gasteiger partial charge in [0.25, 0.3) is 0 Å². The molecule has 0 aromatic heterocycles. The molecular weight excluding hydrogens is 336 g/mol. The van der Waals surface area contributed by atoms with E-state index < -0.39 is 5.54 Å². The van der Waals surface area contributed by atoms with E-state index in [0.29, 0.717) is 6.61 Å². The van der Waals surface area contributed by atoms with Crippen LogP contribution in [-0.2, 0) is 11.2 Å². The molecule has 2 aromatic carbocycles. The molecule has 4 heteroatoms. The summed E-state index contributed by atoms with van der Waals surface area (Å²) in [6, 6.07) is 16.7. The van der Waals surface area contributed by atoms with E-state index in [4.69, 9.17) is 4.74 Å². The number of aryl methyl sites for hydroxylation is 2. The molecule has 1 N–H and O–H groups in total. The topological polar surface area (TPSA) is 41.6 Å². The number of carbonyl (C=O) groups excluding carboxylic acids is 1. The Kier molecular flexibility index (Phi) is 4.92. The highest BCUT2D eigenvalue weighted by atomic mass is 16.5. The third-order valence-corrected chi connectivity index (χ3v) is 6.14. The van der Waals surface area contributed by atoms with E-state index in [1.165, 1.54) is 16.7 Å². The number of hydrogen-bond acceptors (Lipinski definition) is 3. The summed E-state index contributed by atoms with van der Waals surface area (Å²) in [7, 11) is 0. The van der Waals surface area contributed by atoms with Crippen molar-refractivity contribution in [2.24, 2.45) is 0 Å². The van der Waals surface area contributed by atoms with E-state index in [9.17, 15) is 4.79 Å². The number of fused-ring (bicyclic) bond motifs is 1. The van der Waals surface area contributed by atoms with Crippen molar-refractivity contribution in [1.29, 1.82) is 0 Å². The van der Waals surface area contributed by atoms with Crippen LogP contribution < -0.4 is 10.1 Å². The number of amides is 1. The third-order valence-electron chi connectivity index (χ3n) is 6.14. The second-order valence-electron chi connectivity index (χ2n) is 7.94. The molecule has 0 radical (unpaired) electrons. The molecular formula is C23H28N2O2. The lowest BCUT2D eigenvalue weighted by molar-refractivity contribution is -0.142. The van der Waals surface area contributed by atoms with Gasteiger partial charge in [0.15, 0.2) is 0 Å². The van der Waals surface area contributed by atoms with E-state index in [-0.39, 0.29) is 11.9 Å². The van der Waals surface area contributed by atoms with Crippen LogP contribution in [0.2, 0.25) is 0 Å². The summed E-state index contributed by atoms with van der Waals surface area (Å²) in [5.41, 5.74) is 3.45. The molecule has 0 saturated carbocycles. The van der Waals surface area contributed by atoms with Gasteiger partial charge in [-0.15, -0.1) is 0 Å². The van der Waals surface area contributed by atoms with E-state index in [1.54, 1.807) is 0 Å². The van der Waals surface area contributed by atoms with Gasteiger partial charge in [0.05, 0.1) is 11.6 Å². The fourth-order valence-electron chi connectivity index (χ4n) is 4.15. The number of nitrogens with one attached hydrogen (secondary N) is 1. The summed E-state index contributed by atoms with van der Waals surface area (Å²) in [5.74, 6) is 1.03. The summed E-state index contributed by atoms with van der Waals surface area (Å²) >= 11 is 0. The Morgan fingerprint density at radius 3 is 2.74 bits per heavy atom. The molecule has 1 fully saturated rings. The van der Waals surface area contributed by atoms with E-state index in [0.717, 1.165) is 38.1 Å². The van der Waals surface area contributed by atoms with Crippen LogP contribution in [0.1, 0.15) is 42.5 Å². The first-order chi connectivity index (χ1) is 13.1. The second-order valence-corrected chi connectivity index (χ2v) is 7.94. The van der Waals surface area contributed by atoms with Gasteiger partial charge in [-0.2, -0.15) is 0 Å². The van der Waals surface area contributed by atoms with Gasteiger partial charge in [-0.1, -0.05) is 42.0 Å². The number of rotatable bonds is 6. The van der Waals surface area contributed by atoms with Crippen LogP contribution in [0.25, 0.3) is 0 Å². The third kappa shape index (κ3) is 3.59. The van der Waals surface area contributed by atoms with Crippen molar-refractivity contribution in [3.8, 4) is 5.75 Å². The van der Waals surface area contributed by atoms with Crippen LogP contribution in [0.3, 0.4) is 0 Å². The summed E-state index contributed by atoms with van der Waals surface area (Å²) < 4.78 is 5.85. The van der Waals surface area contributed by atoms with Crippen molar-refractivity contribution in [3.63, 3.8) is 0 Å². The minimum Gasteiger partial charge on any atom is -0.492 e. The average Bonchev–Trinajstić information content (AvgIpc) is 3.08. The Labute approximate surface area is 161 Å². The Morgan fingerprint density at radius 2 is 2.00 bits per heavy atom. The molecule has 1 saturated heterocycles. The normalized spacial score (nSPS) is 24.1. The SMILES string of the molecule is Cc1ccc(OCCN2CCC2(C)C(=O)NC2CCc3ccccc32)cc1. The standard InChI is InChI=1S/C23H28N2O2/c1-17-7-10-19(11-8-17)27-16-15-25-14-13-23(25,2)22(26)24-21-12-9-18-5-3-4-6-20(18)21/h3-8,10-11,21H,9,12-16H2,1-2H3,(H,24,26). The average molecular weight is 364 g/mol. The largest absolute Gasteiger partial charge is 0.492 e. The molecule has 27 heavy (non-hydrogen) atoms. The van der Waals surface area contributed by atoms with Gasteiger partial charge in [-0.05, 0) is 56.4 Å². The van der Waals surface area contributed by atoms with Gasteiger partial charge < -0.3 is 10.1 Å². The predicted molar refractivity (Wildman–Crippen MR) is 107 cm³/mol. The number of likely N-dealkylation sites (tertiary alicyclic amines) is 1. The van der Waals surface area contributed by atoms with Crippen molar-refractivity contribution in [3.05, 3.63) is 65.2 Å². The maximum absolute atomic E-state index is 13.0. The quantitative estimate of drug-likeness (QED) is 0.851. The van der Waals surface area contributed by atoms with Gasteiger partial charge >= 0.3 is 0 Å². The van der Waals surface area contributed by atoms with E-state index in [1.807, 2.05) is 12.1 Å². The van der Waals surface area contributed by atoms with Crippen molar-refractivity contribution in [1.82, 2.24) is 10.2 Å². The van der Waals surface area contributed by atoms with Crippen LogP contribution in [0.15, 0.2) is 48.5 Å². The monoisotopic (exact) mass is 364 g/mol. The van der Waals surface area contributed by atoms with Gasteiger partial charge in [-0.3, -0.25) is 9.69 Å². The molecule has 0 spiro atoms. The minimum atomic E-state index is -0.422. The highest BCUT2D eigenvalue weighted by molar-refractivity contribution is 5.87. The molecule has 2 unspecified atom stereocenters. The maximum Gasteiger partial charge on any atom is 0.240 e. The molecule has 1 heterocycles. The van der Waals surface area contributed by atoms with Gasteiger partial charge in [-0.25, -0.2) is 0 Å². The van der Waals surface area contributed by atoms with Crippen molar-refractivity contribution in [2.75, 3.05) is 19.7 Å². The van der Waals surface area contributed by atoms with Crippen molar-refractivity contribution < 1.29 is 9.53 Å². The Hall–Kier alpha value is -2.33. The molecule has 0 bridgehead atoms. The van der Waals surface area contributed by atoms with E-state index in [2.05, 4.69) is 60.5 Å². The fourth-order valence-corrected chi connectivity index (χ4v) is 4.15. The lowest BCUT2D eigenvalue weighted by atomic mass is 9.85. The Morgan fingerprint density at radius 1 is 1.22 bits per heavy atom. The lowest BCUT2D eigenvalue weighted by Gasteiger charge is -2.49. The predicted octanol–water partition coefficient (Wildman–Crippen LogP) is 3.64. The summed E-state index contributed by atoms with van der Waals surface area (Å²) in [6.07, 6.45) is 2.95. The number of carbonyl (C=O) groups is 1. The molecule has 1 amide bonds.